The van der Waals surface area contributed by atoms with E-state index >= 15 is 0 Å². The molecule has 1 N–H and O–H groups in total. The van der Waals surface area contributed by atoms with Gasteiger partial charge in [0.15, 0.2) is 0 Å². The third-order valence-corrected chi connectivity index (χ3v) is 4.03. The number of aryl methyl sites for hydroxylation is 1. The molecule has 21 heavy (non-hydrogen) atoms. The molecule has 0 spiro atoms. The van der Waals surface area contributed by atoms with Gasteiger partial charge in [-0.3, -0.25) is 9.80 Å². The molecule has 1 aliphatic heterocycles. The molecule has 1 saturated heterocycles. The van der Waals surface area contributed by atoms with E-state index in [1.54, 1.807) is 7.11 Å². The summed E-state index contributed by atoms with van der Waals surface area (Å²) in [5.41, 5.74) is 0. The molecule has 0 amide bonds. The molecule has 0 unspecified atom stereocenters. The molecule has 0 aromatic carbocycles. The van der Waals surface area contributed by atoms with Crippen LogP contribution >= 0.6 is 0 Å². The molecule has 6 nitrogen and oxygen atoms in total. The Morgan fingerprint density at radius 2 is 2.43 bits per heavy atom. The summed E-state index contributed by atoms with van der Waals surface area (Å²) < 4.78 is 10.6. The largest absolute Gasteiger partial charge is 0.444 e. The van der Waals surface area contributed by atoms with Crippen LogP contribution in [0.1, 0.15) is 25.0 Å². The van der Waals surface area contributed by atoms with Gasteiger partial charge in [0.2, 0.25) is 5.89 Å². The number of oxazole rings is 1. The van der Waals surface area contributed by atoms with Crippen molar-refractivity contribution in [3.63, 3.8) is 0 Å². The Morgan fingerprint density at radius 3 is 3.10 bits per heavy atom. The second-order valence-electron chi connectivity index (χ2n) is 5.80. The number of likely N-dealkylation sites (tertiary alicyclic amines) is 1. The van der Waals surface area contributed by atoms with Crippen molar-refractivity contribution in [2.45, 2.75) is 38.5 Å². The van der Waals surface area contributed by atoms with Gasteiger partial charge in [0.25, 0.3) is 0 Å². The van der Waals surface area contributed by atoms with Crippen molar-refractivity contribution in [3.8, 4) is 0 Å². The molecule has 2 heterocycles. The van der Waals surface area contributed by atoms with Gasteiger partial charge in [-0.15, -0.1) is 0 Å². The van der Waals surface area contributed by atoms with Gasteiger partial charge in [-0.1, -0.05) is 6.92 Å². The molecule has 2 atom stereocenters. The van der Waals surface area contributed by atoms with Crippen LogP contribution in [0, 0.1) is 0 Å². The molecule has 1 aromatic rings. The third kappa shape index (κ3) is 4.78. The van der Waals surface area contributed by atoms with E-state index in [0.29, 0.717) is 19.2 Å². The van der Waals surface area contributed by atoms with Crippen LogP contribution in [0.25, 0.3) is 0 Å². The summed E-state index contributed by atoms with van der Waals surface area (Å²) in [5, 5.41) is 9.79. The first-order valence-corrected chi connectivity index (χ1v) is 7.65. The lowest BCUT2D eigenvalue weighted by molar-refractivity contribution is 0.0412. The molecule has 0 saturated carbocycles. The second kappa shape index (κ2) is 7.89. The maximum absolute atomic E-state index is 9.79. The Hall–Kier alpha value is -0.950. The quantitative estimate of drug-likeness (QED) is 0.764. The molecule has 1 aromatic heterocycles. The molecule has 6 heteroatoms. The first-order valence-electron chi connectivity index (χ1n) is 7.65. The van der Waals surface area contributed by atoms with Gasteiger partial charge >= 0.3 is 0 Å². The van der Waals surface area contributed by atoms with E-state index in [2.05, 4.69) is 28.8 Å². The summed E-state index contributed by atoms with van der Waals surface area (Å²) in [6.45, 7) is 5.86. The van der Waals surface area contributed by atoms with Gasteiger partial charge in [0.05, 0.1) is 25.5 Å². The van der Waals surface area contributed by atoms with Crippen molar-refractivity contribution in [2.75, 3.05) is 40.4 Å². The van der Waals surface area contributed by atoms with Crippen molar-refractivity contribution >= 4 is 0 Å². The van der Waals surface area contributed by atoms with Gasteiger partial charge in [0.1, 0.15) is 5.76 Å². The molecule has 120 valence electrons. The van der Waals surface area contributed by atoms with Crippen molar-refractivity contribution in [1.82, 2.24) is 14.8 Å². The molecular formula is C15H27N3O3. The highest BCUT2D eigenvalue weighted by atomic mass is 16.5. The lowest BCUT2D eigenvalue weighted by Crippen LogP contribution is -2.37. The Labute approximate surface area is 126 Å². The van der Waals surface area contributed by atoms with Crippen LogP contribution in [0.5, 0.6) is 0 Å². The predicted molar refractivity (Wildman–Crippen MR) is 80.1 cm³/mol. The van der Waals surface area contributed by atoms with E-state index in [0.717, 1.165) is 44.1 Å². The average molecular weight is 297 g/mol. The zero-order valence-corrected chi connectivity index (χ0v) is 13.3. The number of rotatable bonds is 8. The summed E-state index contributed by atoms with van der Waals surface area (Å²) in [6.07, 6.45) is 3.39. The van der Waals surface area contributed by atoms with E-state index in [1.807, 2.05) is 6.20 Å². The van der Waals surface area contributed by atoms with Crippen LogP contribution in [0.3, 0.4) is 0 Å². The number of likely N-dealkylation sites (N-methyl/N-ethyl adjacent to an activating group) is 1. The first-order chi connectivity index (χ1) is 10.1. The van der Waals surface area contributed by atoms with Crippen molar-refractivity contribution < 1.29 is 14.3 Å². The van der Waals surface area contributed by atoms with Gasteiger partial charge in [-0.25, -0.2) is 4.98 Å². The fourth-order valence-corrected chi connectivity index (χ4v) is 2.81. The maximum Gasteiger partial charge on any atom is 0.208 e. The highest BCUT2D eigenvalue weighted by Crippen LogP contribution is 2.17. The van der Waals surface area contributed by atoms with E-state index < -0.39 is 6.10 Å². The smallest absolute Gasteiger partial charge is 0.208 e. The van der Waals surface area contributed by atoms with Crippen molar-refractivity contribution in [3.05, 3.63) is 17.8 Å². The first kappa shape index (κ1) is 16.4. The zero-order chi connectivity index (χ0) is 15.2. The number of nitrogens with zero attached hydrogens (tertiary/aromatic N) is 3. The molecule has 0 radical (unpaired) electrons. The fourth-order valence-electron chi connectivity index (χ4n) is 2.81. The zero-order valence-electron chi connectivity index (χ0n) is 13.3. The molecule has 0 bridgehead atoms. The summed E-state index contributed by atoms with van der Waals surface area (Å²) in [5.74, 6) is 1.72. The predicted octanol–water partition coefficient (Wildman–Crippen LogP) is 0.750. The van der Waals surface area contributed by atoms with Crippen molar-refractivity contribution in [1.29, 1.82) is 0 Å². The van der Waals surface area contributed by atoms with E-state index in [9.17, 15) is 5.11 Å². The van der Waals surface area contributed by atoms with Crippen LogP contribution < -0.4 is 0 Å². The highest BCUT2D eigenvalue weighted by Gasteiger charge is 2.27. The lowest BCUT2D eigenvalue weighted by Gasteiger charge is -2.24. The van der Waals surface area contributed by atoms with Crippen LogP contribution in [0.2, 0.25) is 0 Å². The Morgan fingerprint density at radius 1 is 1.62 bits per heavy atom. The van der Waals surface area contributed by atoms with Gasteiger partial charge < -0.3 is 14.3 Å². The summed E-state index contributed by atoms with van der Waals surface area (Å²) in [6, 6.07) is 0.483. The number of hydrogen-bond donors (Lipinski definition) is 1. The number of ether oxygens (including phenoxy) is 1. The maximum atomic E-state index is 9.79. The highest BCUT2D eigenvalue weighted by molar-refractivity contribution is 4.94. The van der Waals surface area contributed by atoms with Gasteiger partial charge in [-0.05, 0) is 20.0 Å². The van der Waals surface area contributed by atoms with Crippen LogP contribution in [-0.2, 0) is 17.7 Å². The van der Waals surface area contributed by atoms with Crippen LogP contribution in [0.4, 0.5) is 0 Å². The summed E-state index contributed by atoms with van der Waals surface area (Å²) in [7, 11) is 3.72. The lowest BCUT2D eigenvalue weighted by atomic mass is 10.2. The minimum absolute atomic E-state index is 0.396. The average Bonchev–Trinajstić information content (AvgIpc) is 3.08. The second-order valence-corrected chi connectivity index (χ2v) is 5.80. The molecular weight excluding hydrogens is 270 g/mol. The normalized spacial score (nSPS) is 21.3. The molecule has 2 rings (SSSR count). The standard InChI is InChI=1S/C15H27N3O3/c1-4-14-7-16-15(21-14)10-17(2)12-5-6-18(8-12)9-13(19)11-20-3/h7,12-13,19H,4-6,8-11H2,1-3H3/t12-,13-/m0/s1. The number of methoxy groups -OCH3 is 1. The minimum atomic E-state index is -0.405. The Kier molecular flexibility index (Phi) is 6.17. The molecule has 1 fully saturated rings. The van der Waals surface area contributed by atoms with E-state index in [1.165, 1.54) is 0 Å². The number of hydrogen-bond acceptors (Lipinski definition) is 6. The topological polar surface area (TPSA) is 62.0 Å². The number of aromatic nitrogens is 1. The Bertz CT molecular complexity index is 424. The fraction of sp³-hybridized carbons (Fsp3) is 0.800. The minimum Gasteiger partial charge on any atom is -0.444 e. The SMILES string of the molecule is CCc1cnc(CN(C)[C@H]2CCN(C[C@H](O)COC)C2)o1. The molecule has 1 aliphatic rings. The van der Waals surface area contributed by atoms with Crippen LogP contribution in [0.15, 0.2) is 10.6 Å². The number of aliphatic hydroxyl groups excluding tert-OH is 1. The summed E-state index contributed by atoms with van der Waals surface area (Å²) >= 11 is 0. The third-order valence-electron chi connectivity index (χ3n) is 4.03. The van der Waals surface area contributed by atoms with E-state index in [-0.39, 0.29) is 0 Å². The number of aliphatic hydroxyl groups is 1. The monoisotopic (exact) mass is 297 g/mol. The number of β-amino-alcohol motifs (C(OH)–C–C–N with tert-alkyl or cyclic N) is 1. The Balaban J connectivity index is 1.77. The van der Waals surface area contributed by atoms with Gasteiger partial charge in [0, 0.05) is 32.7 Å². The van der Waals surface area contributed by atoms with Crippen molar-refractivity contribution in [2.24, 2.45) is 0 Å². The van der Waals surface area contributed by atoms with Crippen LogP contribution in [-0.4, -0.2) is 72.4 Å². The molecule has 0 aliphatic carbocycles. The summed E-state index contributed by atoms with van der Waals surface area (Å²) in [4.78, 5) is 8.89. The van der Waals surface area contributed by atoms with E-state index in [4.69, 9.17) is 9.15 Å². The van der Waals surface area contributed by atoms with Gasteiger partial charge in [-0.2, -0.15) is 0 Å².